The zero-order chi connectivity index (χ0) is 33.9. The van der Waals surface area contributed by atoms with E-state index in [1.54, 1.807) is 29.2 Å². The molecule has 0 aliphatic heterocycles. The second-order valence-electron chi connectivity index (χ2n) is 12.6. The molecule has 4 aromatic carbocycles. The van der Waals surface area contributed by atoms with E-state index in [1.165, 1.54) is 0 Å². The van der Waals surface area contributed by atoms with Gasteiger partial charge in [-0.3, -0.25) is 13.9 Å². The summed E-state index contributed by atoms with van der Waals surface area (Å²) in [4.78, 5) is 30.1. The molecule has 1 saturated carbocycles. The summed E-state index contributed by atoms with van der Waals surface area (Å²) in [5, 5.41) is 3.24. The van der Waals surface area contributed by atoms with Gasteiger partial charge in [0.25, 0.3) is 0 Å². The molecule has 0 saturated heterocycles. The Kier molecular flexibility index (Phi) is 11.9. The lowest BCUT2D eigenvalue weighted by Gasteiger charge is -2.35. The second kappa shape index (κ2) is 16.5. The summed E-state index contributed by atoms with van der Waals surface area (Å²) in [7, 11) is -3.88. The smallest absolute Gasteiger partial charge is 0.244 e. The zero-order valence-electron chi connectivity index (χ0n) is 27.8. The van der Waals surface area contributed by atoms with Crippen LogP contribution in [-0.4, -0.2) is 50.0 Å². The molecule has 1 N–H and O–H groups in total. The van der Waals surface area contributed by atoms with Crippen molar-refractivity contribution in [3.63, 3.8) is 0 Å². The van der Waals surface area contributed by atoms with Crippen molar-refractivity contribution >= 4 is 27.5 Å². The van der Waals surface area contributed by atoms with Crippen LogP contribution in [-0.2, 0) is 39.2 Å². The summed E-state index contributed by atoms with van der Waals surface area (Å²) >= 11 is 0. The molecule has 48 heavy (non-hydrogen) atoms. The number of carbonyl (C=O) groups is 2. The van der Waals surface area contributed by atoms with Gasteiger partial charge >= 0.3 is 0 Å². The Hall–Kier alpha value is -4.63. The monoisotopic (exact) mass is 667 g/mol. The van der Waals surface area contributed by atoms with Crippen molar-refractivity contribution in [1.82, 2.24) is 10.2 Å². The molecule has 252 valence electrons. The van der Waals surface area contributed by atoms with E-state index >= 15 is 0 Å². The first kappa shape index (κ1) is 34.7. The molecule has 2 amide bonds. The van der Waals surface area contributed by atoms with Crippen molar-refractivity contribution in [3.05, 3.63) is 131 Å². The highest BCUT2D eigenvalue weighted by Gasteiger charge is 2.34. The van der Waals surface area contributed by atoms with Gasteiger partial charge in [-0.15, -0.1) is 0 Å². The van der Waals surface area contributed by atoms with Crippen LogP contribution in [0, 0.1) is 6.92 Å². The lowest BCUT2D eigenvalue weighted by Crippen LogP contribution is -2.55. The van der Waals surface area contributed by atoms with Crippen LogP contribution < -0.4 is 14.4 Å². The number of hydrogen-bond donors (Lipinski definition) is 1. The molecule has 1 unspecified atom stereocenters. The van der Waals surface area contributed by atoms with Gasteiger partial charge in [-0.25, -0.2) is 8.42 Å². The molecule has 5 rings (SSSR count). The summed E-state index contributed by atoms with van der Waals surface area (Å²) in [6, 6.07) is 33.1. The molecule has 1 atom stereocenters. The van der Waals surface area contributed by atoms with Crippen LogP contribution in [0.5, 0.6) is 5.75 Å². The van der Waals surface area contributed by atoms with Crippen molar-refractivity contribution in [1.29, 1.82) is 0 Å². The highest BCUT2D eigenvalue weighted by atomic mass is 32.2. The lowest BCUT2D eigenvalue weighted by atomic mass is 9.94. The van der Waals surface area contributed by atoms with Gasteiger partial charge in [0, 0.05) is 19.0 Å². The number of anilines is 1. The van der Waals surface area contributed by atoms with Crippen molar-refractivity contribution in [2.75, 3.05) is 17.1 Å². The Morgan fingerprint density at radius 3 is 2.00 bits per heavy atom. The van der Waals surface area contributed by atoms with Gasteiger partial charge in [0.05, 0.1) is 11.9 Å². The minimum atomic E-state index is -3.88. The molecule has 0 bridgehead atoms. The quantitative estimate of drug-likeness (QED) is 0.167. The number of ether oxygens (including phenoxy) is 1. The number of aryl methyl sites for hydroxylation is 1. The standard InChI is InChI=1S/C39H45N3O5S/c1-30-18-20-32(21-19-30)27-41(37(26-31-12-6-3-7-13-31)39(44)40-34-16-10-5-11-17-34)38(43)28-42(48(2,45)46)35-22-24-36(25-23-35)47-29-33-14-8-4-9-15-33/h3-4,6-9,12-15,18-25,34,37H,5,10-11,16-17,26-29H2,1-2H3,(H,40,44). The molecule has 0 radical (unpaired) electrons. The van der Waals surface area contributed by atoms with Gasteiger partial charge < -0.3 is 15.0 Å². The number of nitrogens with zero attached hydrogens (tertiary/aromatic N) is 2. The summed E-state index contributed by atoms with van der Waals surface area (Å²) in [6.45, 7) is 2.05. The van der Waals surface area contributed by atoms with Crippen LogP contribution in [0.4, 0.5) is 5.69 Å². The average molecular weight is 668 g/mol. The van der Waals surface area contributed by atoms with Gasteiger partial charge in [0.15, 0.2) is 0 Å². The minimum Gasteiger partial charge on any atom is -0.489 e. The molecule has 1 aliphatic rings. The number of rotatable bonds is 14. The molecule has 1 aliphatic carbocycles. The van der Waals surface area contributed by atoms with E-state index in [0.29, 0.717) is 24.5 Å². The molecular formula is C39H45N3O5S. The number of amides is 2. The molecule has 4 aromatic rings. The first-order chi connectivity index (χ1) is 23.2. The average Bonchev–Trinajstić information content (AvgIpc) is 3.09. The van der Waals surface area contributed by atoms with Crippen molar-refractivity contribution in [2.45, 2.75) is 70.7 Å². The van der Waals surface area contributed by atoms with E-state index in [2.05, 4.69) is 5.32 Å². The Morgan fingerprint density at radius 1 is 0.792 bits per heavy atom. The Morgan fingerprint density at radius 2 is 1.40 bits per heavy atom. The normalized spacial score (nSPS) is 14.1. The summed E-state index contributed by atoms with van der Waals surface area (Å²) in [6.07, 6.45) is 6.45. The third kappa shape index (κ3) is 9.94. The minimum absolute atomic E-state index is 0.0518. The Labute approximate surface area is 284 Å². The second-order valence-corrected chi connectivity index (χ2v) is 14.5. The molecular weight excluding hydrogens is 623 g/mol. The first-order valence-corrected chi connectivity index (χ1v) is 18.4. The van der Waals surface area contributed by atoms with E-state index in [-0.39, 0.29) is 18.5 Å². The maximum absolute atomic E-state index is 14.4. The number of sulfonamides is 1. The maximum atomic E-state index is 14.4. The molecule has 0 spiro atoms. The van der Waals surface area contributed by atoms with E-state index in [9.17, 15) is 18.0 Å². The Bertz CT molecular complexity index is 1720. The van der Waals surface area contributed by atoms with Crippen LogP contribution in [0.25, 0.3) is 0 Å². The van der Waals surface area contributed by atoms with Crippen LogP contribution in [0.1, 0.15) is 54.4 Å². The number of hydrogen-bond acceptors (Lipinski definition) is 5. The fourth-order valence-corrected chi connectivity index (χ4v) is 6.90. The maximum Gasteiger partial charge on any atom is 0.244 e. The summed E-state index contributed by atoms with van der Waals surface area (Å²) < 4.78 is 33.4. The van der Waals surface area contributed by atoms with Crippen LogP contribution in [0.3, 0.4) is 0 Å². The fraction of sp³-hybridized carbons (Fsp3) is 0.333. The third-order valence-electron chi connectivity index (χ3n) is 8.75. The number of nitrogens with one attached hydrogen (secondary N) is 1. The first-order valence-electron chi connectivity index (χ1n) is 16.6. The van der Waals surface area contributed by atoms with Crippen LogP contribution >= 0.6 is 0 Å². The van der Waals surface area contributed by atoms with Crippen LogP contribution in [0.2, 0.25) is 0 Å². The van der Waals surface area contributed by atoms with E-state index < -0.39 is 28.5 Å². The van der Waals surface area contributed by atoms with Gasteiger partial charge in [0.2, 0.25) is 21.8 Å². The van der Waals surface area contributed by atoms with Gasteiger partial charge in [-0.05, 0) is 60.7 Å². The largest absolute Gasteiger partial charge is 0.489 e. The SMILES string of the molecule is Cc1ccc(CN(C(=O)CN(c2ccc(OCc3ccccc3)cc2)S(C)(=O)=O)C(Cc2ccccc2)C(=O)NC2CCCCC2)cc1. The van der Waals surface area contributed by atoms with E-state index in [4.69, 9.17) is 4.74 Å². The summed E-state index contributed by atoms with van der Waals surface area (Å²) in [5.41, 5.74) is 4.18. The van der Waals surface area contributed by atoms with Gasteiger partial charge in [-0.2, -0.15) is 0 Å². The third-order valence-corrected chi connectivity index (χ3v) is 9.89. The Balaban J connectivity index is 1.43. The highest BCUT2D eigenvalue weighted by Crippen LogP contribution is 2.24. The summed E-state index contributed by atoms with van der Waals surface area (Å²) in [5.74, 6) is -0.118. The topological polar surface area (TPSA) is 96.0 Å². The molecule has 1 fully saturated rings. The van der Waals surface area contributed by atoms with E-state index in [1.807, 2.05) is 91.9 Å². The van der Waals surface area contributed by atoms with Crippen molar-refractivity contribution in [2.24, 2.45) is 0 Å². The van der Waals surface area contributed by atoms with Crippen molar-refractivity contribution in [3.8, 4) is 5.75 Å². The van der Waals surface area contributed by atoms with Crippen LogP contribution in [0.15, 0.2) is 109 Å². The molecule has 8 nitrogen and oxygen atoms in total. The highest BCUT2D eigenvalue weighted by molar-refractivity contribution is 7.92. The fourth-order valence-electron chi connectivity index (χ4n) is 6.05. The number of benzene rings is 4. The van der Waals surface area contributed by atoms with Gasteiger partial charge in [-0.1, -0.05) is 110 Å². The molecule has 0 heterocycles. The van der Waals surface area contributed by atoms with Crippen molar-refractivity contribution < 1.29 is 22.7 Å². The predicted molar refractivity (Wildman–Crippen MR) is 190 cm³/mol. The molecule has 9 heteroatoms. The lowest BCUT2D eigenvalue weighted by molar-refractivity contribution is -0.140. The van der Waals surface area contributed by atoms with Gasteiger partial charge in [0.1, 0.15) is 24.9 Å². The van der Waals surface area contributed by atoms with E-state index in [0.717, 1.165) is 64.9 Å². The number of carbonyl (C=O) groups excluding carboxylic acids is 2. The predicted octanol–water partition coefficient (Wildman–Crippen LogP) is 6.43. The zero-order valence-corrected chi connectivity index (χ0v) is 28.6. The molecule has 0 aromatic heterocycles.